The number of benzene rings is 2. The van der Waals surface area contributed by atoms with Gasteiger partial charge in [-0.2, -0.15) is 0 Å². The quantitative estimate of drug-likeness (QED) is 0.323. The molecule has 0 atom stereocenters. The molecule has 0 saturated heterocycles. The Morgan fingerprint density at radius 3 is 2.25 bits per heavy atom. The Labute approximate surface area is 138 Å². The third kappa shape index (κ3) is 2.02. The fourth-order valence-electron chi connectivity index (χ4n) is 3.08. The van der Waals surface area contributed by atoms with E-state index in [0.29, 0.717) is 0 Å². The van der Waals surface area contributed by atoms with Crippen LogP contribution in [0.5, 0.6) is 0 Å². The second-order valence-corrected chi connectivity index (χ2v) is 5.80. The van der Waals surface area contributed by atoms with Crippen molar-refractivity contribution in [3.63, 3.8) is 0 Å². The van der Waals surface area contributed by atoms with Crippen molar-refractivity contribution < 1.29 is 0 Å². The van der Waals surface area contributed by atoms with Gasteiger partial charge < -0.3 is 0 Å². The topological polar surface area (TPSA) is 38.7 Å². The van der Waals surface area contributed by atoms with Crippen LogP contribution in [-0.2, 0) is 0 Å². The molecule has 2 aromatic carbocycles. The highest BCUT2D eigenvalue weighted by molar-refractivity contribution is 6.06. The maximum absolute atomic E-state index is 4.86. The summed E-state index contributed by atoms with van der Waals surface area (Å²) < 4.78 is 0. The number of rotatable bonds is 1. The molecule has 0 radical (unpaired) electrons. The molecule has 3 nitrogen and oxygen atoms in total. The van der Waals surface area contributed by atoms with Crippen LogP contribution in [0, 0.1) is 0 Å². The summed E-state index contributed by atoms with van der Waals surface area (Å²) in [4.78, 5) is 14.1. The summed E-state index contributed by atoms with van der Waals surface area (Å²) in [5, 5.41) is 3.34. The molecule has 0 bridgehead atoms. The third-order valence-electron chi connectivity index (χ3n) is 4.27. The lowest BCUT2D eigenvalue weighted by molar-refractivity contribution is 1.28. The van der Waals surface area contributed by atoms with Gasteiger partial charge in [-0.25, -0.2) is 9.97 Å². The van der Waals surface area contributed by atoms with Crippen molar-refractivity contribution in [1.82, 2.24) is 15.0 Å². The highest BCUT2D eigenvalue weighted by Gasteiger charge is 2.08. The Morgan fingerprint density at radius 1 is 0.542 bits per heavy atom. The first-order valence-electron chi connectivity index (χ1n) is 7.89. The number of hydrogen-bond donors (Lipinski definition) is 0. The van der Waals surface area contributed by atoms with E-state index >= 15 is 0 Å². The van der Waals surface area contributed by atoms with Gasteiger partial charge >= 0.3 is 0 Å². The largest absolute Gasteiger partial charge is 0.255 e. The molecule has 3 heteroatoms. The number of aromatic nitrogens is 3. The van der Waals surface area contributed by atoms with Crippen molar-refractivity contribution in [2.75, 3.05) is 0 Å². The second-order valence-electron chi connectivity index (χ2n) is 5.80. The molecule has 0 aliphatic carbocycles. The van der Waals surface area contributed by atoms with Gasteiger partial charge in [0.15, 0.2) is 0 Å². The molecule has 0 aliphatic rings. The predicted octanol–water partition coefficient (Wildman–Crippen LogP) is 5.00. The van der Waals surface area contributed by atoms with Gasteiger partial charge in [0.05, 0.1) is 27.9 Å². The molecule has 0 unspecified atom stereocenters. The first kappa shape index (κ1) is 13.1. The molecule has 0 N–H and O–H groups in total. The lowest BCUT2D eigenvalue weighted by Crippen LogP contribution is -1.91. The van der Waals surface area contributed by atoms with E-state index in [1.54, 1.807) is 6.20 Å². The molecule has 0 saturated carbocycles. The van der Waals surface area contributed by atoms with E-state index < -0.39 is 0 Å². The van der Waals surface area contributed by atoms with Crippen LogP contribution in [0.4, 0.5) is 0 Å². The van der Waals surface area contributed by atoms with Gasteiger partial charge in [0.2, 0.25) is 0 Å². The van der Waals surface area contributed by atoms with Gasteiger partial charge in [-0.3, -0.25) is 4.98 Å². The van der Waals surface area contributed by atoms with E-state index in [4.69, 9.17) is 9.97 Å². The minimum atomic E-state index is 0.866. The monoisotopic (exact) mass is 307 g/mol. The van der Waals surface area contributed by atoms with Crippen LogP contribution >= 0.6 is 0 Å². The number of para-hydroxylation sites is 1. The van der Waals surface area contributed by atoms with Crippen LogP contribution < -0.4 is 0 Å². The number of nitrogens with zero attached hydrogens (tertiary/aromatic N) is 3. The van der Waals surface area contributed by atoms with Crippen LogP contribution in [0.3, 0.4) is 0 Å². The summed E-state index contributed by atoms with van der Waals surface area (Å²) in [5.41, 5.74) is 4.58. The normalized spacial score (nSPS) is 11.3. The lowest BCUT2D eigenvalue weighted by atomic mass is 10.1. The van der Waals surface area contributed by atoms with Gasteiger partial charge in [0.1, 0.15) is 0 Å². The Kier molecular flexibility index (Phi) is 2.79. The van der Waals surface area contributed by atoms with E-state index in [0.717, 1.165) is 44.1 Å². The Balaban J connectivity index is 1.86. The Morgan fingerprint density at radius 2 is 1.33 bits per heavy atom. The Hall–Kier alpha value is -3.33. The van der Waals surface area contributed by atoms with E-state index in [1.807, 2.05) is 42.5 Å². The molecule has 0 spiro atoms. The summed E-state index contributed by atoms with van der Waals surface area (Å²) in [6.07, 6.45) is 1.79. The van der Waals surface area contributed by atoms with E-state index in [-0.39, 0.29) is 0 Å². The smallest absolute Gasteiger partial charge is 0.0973 e. The summed E-state index contributed by atoms with van der Waals surface area (Å²) in [6, 6.07) is 24.5. The molecule has 3 aromatic heterocycles. The molecule has 112 valence electrons. The highest BCUT2D eigenvalue weighted by atomic mass is 14.8. The minimum Gasteiger partial charge on any atom is -0.255 e. The van der Waals surface area contributed by atoms with E-state index in [9.17, 15) is 0 Å². The summed E-state index contributed by atoms with van der Waals surface area (Å²) >= 11 is 0. The van der Waals surface area contributed by atoms with Crippen molar-refractivity contribution in [3.8, 4) is 11.4 Å². The molecule has 0 amide bonds. The zero-order valence-electron chi connectivity index (χ0n) is 12.8. The van der Waals surface area contributed by atoms with Gasteiger partial charge in [-0.1, -0.05) is 42.5 Å². The van der Waals surface area contributed by atoms with Crippen molar-refractivity contribution in [2.24, 2.45) is 0 Å². The second kappa shape index (κ2) is 5.10. The summed E-state index contributed by atoms with van der Waals surface area (Å²) in [5.74, 6) is 0. The molecule has 5 aromatic rings. The summed E-state index contributed by atoms with van der Waals surface area (Å²) in [7, 11) is 0. The number of hydrogen-bond acceptors (Lipinski definition) is 3. The zero-order chi connectivity index (χ0) is 15.9. The van der Waals surface area contributed by atoms with Crippen LogP contribution in [0.2, 0.25) is 0 Å². The first-order chi connectivity index (χ1) is 11.9. The number of fused-ring (bicyclic) bond motifs is 4. The van der Waals surface area contributed by atoms with Crippen LogP contribution in [0.25, 0.3) is 44.1 Å². The van der Waals surface area contributed by atoms with E-state index in [1.165, 1.54) is 0 Å². The zero-order valence-corrected chi connectivity index (χ0v) is 12.8. The first-order valence-corrected chi connectivity index (χ1v) is 7.89. The van der Waals surface area contributed by atoms with Crippen LogP contribution in [0.15, 0.2) is 79.0 Å². The van der Waals surface area contributed by atoms with Crippen molar-refractivity contribution in [3.05, 3.63) is 79.0 Å². The fourth-order valence-corrected chi connectivity index (χ4v) is 3.08. The molecule has 0 fully saturated rings. The predicted molar refractivity (Wildman–Crippen MR) is 97.8 cm³/mol. The SMILES string of the molecule is c1ccc(-c2ccc3ccc4cc5ccccc5nc4c3n2)nc1. The van der Waals surface area contributed by atoms with E-state index in [2.05, 4.69) is 35.3 Å². The maximum atomic E-state index is 4.86. The lowest BCUT2D eigenvalue weighted by Gasteiger charge is -2.07. The fraction of sp³-hybridized carbons (Fsp3) is 0. The molecule has 5 rings (SSSR count). The van der Waals surface area contributed by atoms with Gasteiger partial charge in [0.25, 0.3) is 0 Å². The third-order valence-corrected chi connectivity index (χ3v) is 4.27. The van der Waals surface area contributed by atoms with Crippen LogP contribution in [0.1, 0.15) is 0 Å². The molecule has 0 aliphatic heterocycles. The minimum absolute atomic E-state index is 0.866. The number of pyridine rings is 3. The average Bonchev–Trinajstić information content (AvgIpc) is 2.66. The molecular weight excluding hydrogens is 294 g/mol. The van der Waals surface area contributed by atoms with Crippen molar-refractivity contribution >= 4 is 32.7 Å². The Bertz CT molecular complexity index is 1200. The highest BCUT2D eigenvalue weighted by Crippen LogP contribution is 2.27. The van der Waals surface area contributed by atoms with Gasteiger partial charge in [-0.15, -0.1) is 0 Å². The summed E-state index contributed by atoms with van der Waals surface area (Å²) in [6.45, 7) is 0. The molecular formula is C21H13N3. The maximum Gasteiger partial charge on any atom is 0.0973 e. The van der Waals surface area contributed by atoms with Crippen LogP contribution in [-0.4, -0.2) is 15.0 Å². The average molecular weight is 307 g/mol. The van der Waals surface area contributed by atoms with Crippen molar-refractivity contribution in [1.29, 1.82) is 0 Å². The molecule has 3 heterocycles. The van der Waals surface area contributed by atoms with Crippen molar-refractivity contribution in [2.45, 2.75) is 0 Å². The van der Waals surface area contributed by atoms with Gasteiger partial charge in [0, 0.05) is 22.4 Å². The van der Waals surface area contributed by atoms with Gasteiger partial charge in [-0.05, 0) is 30.3 Å². The molecule has 24 heavy (non-hydrogen) atoms. The standard InChI is InChI=1S/C21H13N3/c1-2-6-17-15(5-1)13-16-9-8-14-10-11-19(18-7-3-4-12-22-18)24-20(14)21(16)23-17/h1-13H.